The number of anilines is 1. The summed E-state index contributed by atoms with van der Waals surface area (Å²) in [6.07, 6.45) is 4.35. The van der Waals surface area contributed by atoms with Gasteiger partial charge in [0.05, 0.1) is 11.6 Å². The smallest absolute Gasteiger partial charge is 0.129 e. The van der Waals surface area contributed by atoms with E-state index in [1.54, 1.807) is 12.3 Å². The summed E-state index contributed by atoms with van der Waals surface area (Å²) < 4.78 is 0. The molecule has 1 aromatic rings. The van der Waals surface area contributed by atoms with Crippen LogP contribution in [0.25, 0.3) is 0 Å². The molecule has 0 saturated carbocycles. The summed E-state index contributed by atoms with van der Waals surface area (Å²) in [6.45, 7) is 4.47. The van der Waals surface area contributed by atoms with Crippen LogP contribution in [-0.4, -0.2) is 42.1 Å². The SMILES string of the molecule is N#Cc1ccnc(N2CCN3CCCC3C2)c1. The molecule has 0 bridgehead atoms. The second-order valence-electron chi connectivity index (χ2n) is 4.79. The predicted molar refractivity (Wildman–Crippen MR) is 65.8 cm³/mol. The van der Waals surface area contributed by atoms with Crippen LogP contribution in [0.2, 0.25) is 0 Å². The minimum absolute atomic E-state index is 0.691. The summed E-state index contributed by atoms with van der Waals surface area (Å²) in [5.74, 6) is 0.954. The first kappa shape index (κ1) is 10.5. The first-order valence-electron chi connectivity index (χ1n) is 6.22. The van der Waals surface area contributed by atoms with Crippen LogP contribution in [0.15, 0.2) is 18.3 Å². The molecule has 0 spiro atoms. The molecule has 2 aliphatic heterocycles. The van der Waals surface area contributed by atoms with E-state index in [0.29, 0.717) is 11.6 Å². The number of hydrogen-bond acceptors (Lipinski definition) is 4. The molecule has 1 aromatic heterocycles. The molecule has 3 rings (SSSR count). The zero-order valence-corrected chi connectivity index (χ0v) is 9.84. The molecular formula is C13H16N4. The van der Waals surface area contributed by atoms with E-state index in [9.17, 15) is 0 Å². The van der Waals surface area contributed by atoms with Crippen LogP contribution in [-0.2, 0) is 0 Å². The van der Waals surface area contributed by atoms with Crippen LogP contribution >= 0.6 is 0 Å². The topological polar surface area (TPSA) is 43.2 Å². The Morgan fingerprint density at radius 3 is 3.18 bits per heavy atom. The third-order valence-corrected chi connectivity index (χ3v) is 3.79. The number of nitriles is 1. The Kier molecular flexibility index (Phi) is 2.69. The number of piperazine rings is 1. The van der Waals surface area contributed by atoms with Crippen LogP contribution in [0.1, 0.15) is 18.4 Å². The molecule has 0 amide bonds. The Labute approximate surface area is 101 Å². The van der Waals surface area contributed by atoms with Gasteiger partial charge in [-0.25, -0.2) is 4.98 Å². The van der Waals surface area contributed by atoms with E-state index in [0.717, 1.165) is 25.5 Å². The monoisotopic (exact) mass is 228 g/mol. The second-order valence-corrected chi connectivity index (χ2v) is 4.79. The van der Waals surface area contributed by atoms with E-state index in [-0.39, 0.29) is 0 Å². The highest BCUT2D eigenvalue weighted by Crippen LogP contribution is 2.24. The summed E-state index contributed by atoms with van der Waals surface area (Å²) in [6, 6.07) is 6.52. The van der Waals surface area contributed by atoms with Crippen molar-refractivity contribution in [1.29, 1.82) is 5.26 Å². The minimum Gasteiger partial charge on any atom is -0.354 e. The lowest BCUT2D eigenvalue weighted by Crippen LogP contribution is -2.50. The van der Waals surface area contributed by atoms with Gasteiger partial charge in [-0.2, -0.15) is 5.26 Å². The summed E-state index contributed by atoms with van der Waals surface area (Å²) in [7, 11) is 0. The zero-order valence-electron chi connectivity index (χ0n) is 9.84. The summed E-state index contributed by atoms with van der Waals surface area (Å²) >= 11 is 0. The van der Waals surface area contributed by atoms with Crippen molar-refractivity contribution in [2.75, 3.05) is 31.1 Å². The van der Waals surface area contributed by atoms with Crippen molar-refractivity contribution in [3.63, 3.8) is 0 Å². The molecule has 4 nitrogen and oxygen atoms in total. The second kappa shape index (κ2) is 4.34. The molecule has 0 aromatic carbocycles. The number of pyridine rings is 1. The highest BCUT2D eigenvalue weighted by atomic mass is 15.3. The highest BCUT2D eigenvalue weighted by Gasteiger charge is 2.30. The van der Waals surface area contributed by atoms with E-state index in [2.05, 4.69) is 20.9 Å². The molecule has 88 valence electrons. The van der Waals surface area contributed by atoms with Crippen molar-refractivity contribution < 1.29 is 0 Å². The molecule has 1 unspecified atom stereocenters. The van der Waals surface area contributed by atoms with Gasteiger partial charge in [-0.3, -0.25) is 4.90 Å². The average Bonchev–Trinajstić information content (AvgIpc) is 2.86. The van der Waals surface area contributed by atoms with Crippen LogP contribution in [0.4, 0.5) is 5.82 Å². The van der Waals surface area contributed by atoms with Gasteiger partial charge in [0.2, 0.25) is 0 Å². The Balaban J connectivity index is 1.78. The number of fused-ring (bicyclic) bond motifs is 1. The summed E-state index contributed by atoms with van der Waals surface area (Å²) in [5, 5.41) is 8.91. The number of hydrogen-bond donors (Lipinski definition) is 0. The van der Waals surface area contributed by atoms with Crippen molar-refractivity contribution in [2.45, 2.75) is 18.9 Å². The lowest BCUT2D eigenvalue weighted by molar-refractivity contribution is 0.230. The van der Waals surface area contributed by atoms with Gasteiger partial charge in [0.15, 0.2) is 0 Å². The molecule has 2 fully saturated rings. The molecule has 0 N–H and O–H groups in total. The molecule has 2 aliphatic rings. The number of aromatic nitrogens is 1. The van der Waals surface area contributed by atoms with Gasteiger partial charge in [-0.15, -0.1) is 0 Å². The number of rotatable bonds is 1. The molecule has 3 heterocycles. The Morgan fingerprint density at radius 1 is 1.35 bits per heavy atom. The maximum atomic E-state index is 8.91. The van der Waals surface area contributed by atoms with Crippen molar-refractivity contribution >= 4 is 5.82 Å². The molecule has 2 saturated heterocycles. The van der Waals surface area contributed by atoms with Crippen molar-refractivity contribution in [2.24, 2.45) is 0 Å². The third kappa shape index (κ3) is 1.98. The van der Waals surface area contributed by atoms with Crippen molar-refractivity contribution in [1.82, 2.24) is 9.88 Å². The Bertz CT molecular complexity index is 451. The van der Waals surface area contributed by atoms with Crippen LogP contribution in [0.3, 0.4) is 0 Å². The molecule has 1 atom stereocenters. The molecule has 0 radical (unpaired) electrons. The lowest BCUT2D eigenvalue weighted by Gasteiger charge is -2.38. The fourth-order valence-corrected chi connectivity index (χ4v) is 2.86. The summed E-state index contributed by atoms with van der Waals surface area (Å²) in [5.41, 5.74) is 0.698. The van der Waals surface area contributed by atoms with Gasteiger partial charge in [0.25, 0.3) is 0 Å². The van der Waals surface area contributed by atoms with Gasteiger partial charge >= 0.3 is 0 Å². The molecule has 4 heteroatoms. The van der Waals surface area contributed by atoms with Crippen LogP contribution in [0.5, 0.6) is 0 Å². The zero-order chi connectivity index (χ0) is 11.7. The normalized spacial score (nSPS) is 24.4. The quantitative estimate of drug-likeness (QED) is 0.725. The van der Waals surface area contributed by atoms with E-state index < -0.39 is 0 Å². The maximum absolute atomic E-state index is 8.91. The Morgan fingerprint density at radius 2 is 2.29 bits per heavy atom. The first-order chi connectivity index (χ1) is 8.36. The number of nitrogens with zero attached hydrogens (tertiary/aromatic N) is 4. The van der Waals surface area contributed by atoms with E-state index in [1.807, 2.05) is 6.07 Å². The lowest BCUT2D eigenvalue weighted by atomic mass is 10.1. The minimum atomic E-state index is 0.691. The highest BCUT2D eigenvalue weighted by molar-refractivity contribution is 5.45. The molecule has 17 heavy (non-hydrogen) atoms. The fraction of sp³-hybridized carbons (Fsp3) is 0.538. The van der Waals surface area contributed by atoms with Gasteiger partial charge in [-0.1, -0.05) is 0 Å². The predicted octanol–water partition coefficient (Wildman–Crippen LogP) is 1.24. The third-order valence-electron chi connectivity index (χ3n) is 3.79. The largest absolute Gasteiger partial charge is 0.354 e. The first-order valence-corrected chi connectivity index (χ1v) is 6.22. The van der Waals surface area contributed by atoms with Crippen molar-refractivity contribution in [3.05, 3.63) is 23.9 Å². The fourth-order valence-electron chi connectivity index (χ4n) is 2.86. The summed E-state index contributed by atoms with van der Waals surface area (Å²) in [4.78, 5) is 9.27. The molecule has 0 aliphatic carbocycles. The maximum Gasteiger partial charge on any atom is 0.129 e. The van der Waals surface area contributed by atoms with Gasteiger partial charge < -0.3 is 4.90 Å². The van der Waals surface area contributed by atoms with Gasteiger partial charge in [0.1, 0.15) is 5.82 Å². The van der Waals surface area contributed by atoms with E-state index in [4.69, 9.17) is 5.26 Å². The standard InChI is InChI=1S/C13H16N4/c14-9-11-3-4-15-13(8-11)17-7-6-16-5-1-2-12(16)10-17/h3-4,8,12H,1-2,5-7,10H2. The molecular weight excluding hydrogens is 212 g/mol. The average molecular weight is 228 g/mol. The van der Waals surface area contributed by atoms with Gasteiger partial charge in [-0.05, 0) is 31.5 Å². The van der Waals surface area contributed by atoms with E-state index in [1.165, 1.54) is 19.4 Å². The van der Waals surface area contributed by atoms with Crippen LogP contribution in [0, 0.1) is 11.3 Å². The van der Waals surface area contributed by atoms with Crippen LogP contribution < -0.4 is 4.90 Å². The van der Waals surface area contributed by atoms with E-state index >= 15 is 0 Å². The van der Waals surface area contributed by atoms with Crippen molar-refractivity contribution in [3.8, 4) is 6.07 Å². The van der Waals surface area contributed by atoms with Gasteiger partial charge in [0, 0.05) is 31.9 Å². The Hall–Kier alpha value is -1.60.